The van der Waals surface area contributed by atoms with E-state index in [1.807, 2.05) is 78.9 Å². The van der Waals surface area contributed by atoms with E-state index in [1.54, 1.807) is 0 Å². The molecule has 31 heavy (non-hydrogen) atoms. The number of rotatable bonds is 3. The molecular formula is C27H19NO3. The van der Waals surface area contributed by atoms with Crippen LogP contribution in [0.3, 0.4) is 0 Å². The van der Waals surface area contributed by atoms with E-state index in [2.05, 4.69) is 17.6 Å². The molecule has 3 heterocycles. The summed E-state index contributed by atoms with van der Waals surface area (Å²) in [5, 5.41) is 2.08. The molecule has 0 saturated heterocycles. The molecule has 4 heteroatoms. The number of allylic oxidation sites excluding steroid dienone is 1. The van der Waals surface area contributed by atoms with E-state index >= 15 is 0 Å². The molecule has 150 valence electrons. The summed E-state index contributed by atoms with van der Waals surface area (Å²) < 4.78 is 14.2. The van der Waals surface area contributed by atoms with Crippen molar-refractivity contribution < 1.29 is 13.9 Å². The average Bonchev–Trinajstić information content (AvgIpc) is 3.44. The van der Waals surface area contributed by atoms with Crippen LogP contribution in [0, 0.1) is 0 Å². The first-order chi connectivity index (χ1) is 15.2. The zero-order valence-corrected chi connectivity index (χ0v) is 17.0. The van der Waals surface area contributed by atoms with Crippen LogP contribution in [0.1, 0.15) is 23.0 Å². The topological polar surface area (TPSA) is 44.4 Å². The number of Topliss-reactive ketones (excluding diaryl/α,β-unsaturated/α-hetero) is 1. The van der Waals surface area contributed by atoms with Gasteiger partial charge in [0, 0.05) is 36.0 Å². The zero-order chi connectivity index (χ0) is 20.9. The van der Waals surface area contributed by atoms with Gasteiger partial charge in [0.1, 0.15) is 11.5 Å². The van der Waals surface area contributed by atoms with E-state index < -0.39 is 0 Å². The monoisotopic (exact) mass is 405 g/mol. The smallest absolute Gasteiger partial charge is 0.232 e. The molecule has 0 fully saturated rings. The van der Waals surface area contributed by atoms with Crippen LogP contribution in [0.2, 0.25) is 0 Å². The summed E-state index contributed by atoms with van der Waals surface area (Å²) in [7, 11) is 0. The van der Waals surface area contributed by atoms with Crippen molar-refractivity contribution in [1.29, 1.82) is 0 Å². The van der Waals surface area contributed by atoms with Gasteiger partial charge in [0.05, 0.1) is 11.1 Å². The molecule has 1 aliphatic heterocycles. The van der Waals surface area contributed by atoms with E-state index in [0.717, 1.165) is 45.4 Å². The van der Waals surface area contributed by atoms with Crippen molar-refractivity contribution in [3.05, 3.63) is 95.9 Å². The van der Waals surface area contributed by atoms with E-state index in [1.165, 1.54) is 0 Å². The number of aromatic nitrogens is 1. The molecule has 0 saturated carbocycles. The van der Waals surface area contributed by atoms with Gasteiger partial charge in [-0.2, -0.15) is 0 Å². The van der Waals surface area contributed by atoms with E-state index in [0.29, 0.717) is 17.1 Å². The molecule has 2 aromatic heterocycles. The SMILES string of the molecule is CCn1c(/C=C2/Oc3cc4ccccc4cc3C2=O)cc2oc(-c3ccccc3)cc21. The number of nitrogens with zero attached hydrogens (tertiary/aromatic N) is 1. The molecule has 0 amide bonds. The van der Waals surface area contributed by atoms with Gasteiger partial charge in [-0.3, -0.25) is 4.79 Å². The number of carbonyl (C=O) groups is 1. The fourth-order valence-electron chi connectivity index (χ4n) is 4.29. The summed E-state index contributed by atoms with van der Waals surface area (Å²) in [6, 6.07) is 25.9. The van der Waals surface area contributed by atoms with Crippen molar-refractivity contribution in [2.24, 2.45) is 0 Å². The highest BCUT2D eigenvalue weighted by atomic mass is 16.5. The van der Waals surface area contributed by atoms with Gasteiger partial charge in [-0.1, -0.05) is 54.6 Å². The van der Waals surface area contributed by atoms with Crippen LogP contribution in [-0.2, 0) is 6.54 Å². The molecule has 0 unspecified atom stereocenters. The summed E-state index contributed by atoms with van der Waals surface area (Å²) in [5.41, 5.74) is 4.33. The summed E-state index contributed by atoms with van der Waals surface area (Å²) in [6.07, 6.45) is 1.81. The fourth-order valence-corrected chi connectivity index (χ4v) is 4.29. The first-order valence-electron chi connectivity index (χ1n) is 10.4. The number of carbonyl (C=O) groups excluding carboxylic acids is 1. The molecule has 0 atom stereocenters. The van der Waals surface area contributed by atoms with Crippen molar-refractivity contribution in [2.45, 2.75) is 13.5 Å². The molecule has 0 spiro atoms. The predicted molar refractivity (Wildman–Crippen MR) is 122 cm³/mol. The van der Waals surface area contributed by atoms with E-state index in [-0.39, 0.29) is 5.78 Å². The second-order valence-electron chi connectivity index (χ2n) is 7.67. The number of ether oxygens (including phenoxy) is 1. The van der Waals surface area contributed by atoms with Crippen LogP contribution in [0.15, 0.2) is 89.0 Å². The van der Waals surface area contributed by atoms with Gasteiger partial charge in [-0.05, 0) is 29.8 Å². The van der Waals surface area contributed by atoms with Gasteiger partial charge in [0.25, 0.3) is 0 Å². The number of furan rings is 1. The number of ketones is 1. The maximum absolute atomic E-state index is 13.0. The minimum absolute atomic E-state index is 0.0915. The van der Waals surface area contributed by atoms with E-state index in [4.69, 9.17) is 9.15 Å². The molecule has 0 radical (unpaired) electrons. The Labute approximate surface area is 179 Å². The lowest BCUT2D eigenvalue weighted by Gasteiger charge is -2.04. The van der Waals surface area contributed by atoms with Crippen molar-refractivity contribution >= 4 is 33.7 Å². The molecule has 1 aliphatic rings. The zero-order valence-electron chi connectivity index (χ0n) is 17.0. The molecular weight excluding hydrogens is 386 g/mol. The summed E-state index contributed by atoms with van der Waals surface area (Å²) in [6.45, 7) is 2.83. The van der Waals surface area contributed by atoms with Crippen LogP contribution in [0.4, 0.5) is 0 Å². The van der Waals surface area contributed by atoms with Gasteiger partial charge in [0.15, 0.2) is 11.3 Å². The quantitative estimate of drug-likeness (QED) is 0.314. The van der Waals surface area contributed by atoms with Crippen molar-refractivity contribution in [3.8, 4) is 17.1 Å². The van der Waals surface area contributed by atoms with Crippen LogP contribution in [0.5, 0.6) is 5.75 Å². The predicted octanol–water partition coefficient (Wildman–Crippen LogP) is 6.69. The Morgan fingerprint density at radius 2 is 1.65 bits per heavy atom. The Bertz CT molecular complexity index is 1500. The maximum Gasteiger partial charge on any atom is 0.232 e. The molecule has 0 aliphatic carbocycles. The van der Waals surface area contributed by atoms with Gasteiger partial charge in [-0.15, -0.1) is 0 Å². The number of benzene rings is 3. The highest BCUT2D eigenvalue weighted by Crippen LogP contribution is 2.36. The van der Waals surface area contributed by atoms with Gasteiger partial charge in [-0.25, -0.2) is 0 Å². The van der Waals surface area contributed by atoms with Gasteiger partial charge >= 0.3 is 0 Å². The number of aryl methyl sites for hydroxylation is 1. The summed E-state index contributed by atoms with van der Waals surface area (Å²) >= 11 is 0. The first kappa shape index (κ1) is 17.8. The molecule has 6 rings (SSSR count). The molecule has 4 nitrogen and oxygen atoms in total. The highest BCUT2D eigenvalue weighted by Gasteiger charge is 2.28. The van der Waals surface area contributed by atoms with Crippen LogP contribution < -0.4 is 4.74 Å². The largest absolute Gasteiger partial charge is 0.454 e. The van der Waals surface area contributed by atoms with Crippen molar-refractivity contribution in [1.82, 2.24) is 4.57 Å². The molecule has 0 bridgehead atoms. The third kappa shape index (κ3) is 2.80. The third-order valence-electron chi connectivity index (χ3n) is 5.81. The Morgan fingerprint density at radius 1 is 0.903 bits per heavy atom. The standard InChI is InChI=1S/C27H19NO3/c1-2-28-20(14-25-22(28)16-23(30-25)17-8-4-3-5-9-17)15-26-27(29)21-12-18-10-6-7-11-19(18)13-24(21)31-26/h3-16H,2H2,1H3/b26-15+. The summed E-state index contributed by atoms with van der Waals surface area (Å²) in [5.74, 6) is 1.69. The number of fused-ring (bicyclic) bond motifs is 3. The fraction of sp³-hybridized carbons (Fsp3) is 0.0741. The van der Waals surface area contributed by atoms with Gasteiger partial charge in [0.2, 0.25) is 5.78 Å². The number of hydrogen-bond acceptors (Lipinski definition) is 3. The Morgan fingerprint density at radius 3 is 2.42 bits per heavy atom. The third-order valence-corrected chi connectivity index (χ3v) is 5.81. The maximum atomic E-state index is 13.0. The lowest BCUT2D eigenvalue weighted by Crippen LogP contribution is -2.01. The molecule has 3 aromatic carbocycles. The van der Waals surface area contributed by atoms with Crippen LogP contribution >= 0.6 is 0 Å². The Balaban J connectivity index is 1.41. The van der Waals surface area contributed by atoms with Crippen molar-refractivity contribution in [2.75, 3.05) is 0 Å². The lowest BCUT2D eigenvalue weighted by molar-refractivity contribution is 0.101. The normalized spacial score (nSPS) is 14.5. The Hall–Kier alpha value is -4.05. The number of hydrogen-bond donors (Lipinski definition) is 0. The summed E-state index contributed by atoms with van der Waals surface area (Å²) in [4.78, 5) is 13.0. The molecule has 5 aromatic rings. The Kier molecular flexibility index (Phi) is 3.87. The second-order valence-corrected chi connectivity index (χ2v) is 7.67. The van der Waals surface area contributed by atoms with E-state index in [9.17, 15) is 4.79 Å². The highest BCUT2D eigenvalue weighted by molar-refractivity contribution is 6.16. The second kappa shape index (κ2) is 6.74. The van der Waals surface area contributed by atoms with Crippen molar-refractivity contribution in [3.63, 3.8) is 0 Å². The minimum Gasteiger partial charge on any atom is -0.454 e. The average molecular weight is 405 g/mol. The molecule has 0 N–H and O–H groups in total. The first-order valence-corrected chi connectivity index (χ1v) is 10.4. The lowest BCUT2D eigenvalue weighted by atomic mass is 10.0. The minimum atomic E-state index is -0.0915. The van der Waals surface area contributed by atoms with Crippen LogP contribution in [0.25, 0.3) is 39.3 Å². The van der Waals surface area contributed by atoms with Crippen LogP contribution in [-0.4, -0.2) is 10.4 Å². The van der Waals surface area contributed by atoms with Gasteiger partial charge < -0.3 is 13.7 Å².